The van der Waals surface area contributed by atoms with Crippen molar-refractivity contribution in [3.05, 3.63) is 72.6 Å². The molecule has 1 aromatic heterocycles. The number of amides is 1. The molecule has 7 nitrogen and oxygen atoms in total. The molecule has 0 atom stereocenters. The molecule has 7 heteroatoms. The second kappa shape index (κ2) is 7.33. The van der Waals surface area contributed by atoms with Gasteiger partial charge in [-0.05, 0) is 35.9 Å². The minimum absolute atomic E-state index is 0.0841. The van der Waals surface area contributed by atoms with Gasteiger partial charge in [-0.15, -0.1) is 0 Å². The lowest BCUT2D eigenvalue weighted by Gasteiger charge is -2.28. The Kier molecular flexibility index (Phi) is 4.57. The molecule has 0 N–H and O–H groups in total. The molecule has 1 aliphatic heterocycles. The Morgan fingerprint density at radius 2 is 1.93 bits per heavy atom. The van der Waals surface area contributed by atoms with Crippen molar-refractivity contribution < 1.29 is 19.1 Å². The number of nitrogens with zero attached hydrogens (tertiary/aromatic N) is 3. The fourth-order valence-electron chi connectivity index (χ4n) is 2.83. The summed E-state index contributed by atoms with van der Waals surface area (Å²) in [6, 6.07) is 16.5. The molecule has 0 saturated heterocycles. The number of fused-ring (bicyclic) bond motifs is 1. The number of benzene rings is 2. The molecular formula is C20H17N3O4. The molecule has 0 aliphatic carbocycles. The number of esters is 1. The second-order valence-corrected chi connectivity index (χ2v) is 6.01. The maximum absolute atomic E-state index is 12.2. The molecule has 27 heavy (non-hydrogen) atoms. The monoisotopic (exact) mass is 363 g/mol. The van der Waals surface area contributed by atoms with Gasteiger partial charge in [0.1, 0.15) is 18.9 Å². The molecule has 136 valence electrons. The molecule has 0 saturated carbocycles. The summed E-state index contributed by atoms with van der Waals surface area (Å²) in [6.07, 6.45) is 3.56. The third-order valence-corrected chi connectivity index (χ3v) is 4.20. The van der Waals surface area contributed by atoms with E-state index < -0.39 is 5.97 Å². The van der Waals surface area contributed by atoms with Crippen LogP contribution in [-0.2, 0) is 20.9 Å². The van der Waals surface area contributed by atoms with Crippen LogP contribution in [0.3, 0.4) is 0 Å². The van der Waals surface area contributed by atoms with Gasteiger partial charge in [-0.25, -0.2) is 4.68 Å². The summed E-state index contributed by atoms with van der Waals surface area (Å²) in [5.41, 5.74) is 2.35. The molecule has 1 aliphatic rings. The molecule has 0 radical (unpaired) electrons. The van der Waals surface area contributed by atoms with Crippen molar-refractivity contribution in [2.24, 2.45) is 0 Å². The van der Waals surface area contributed by atoms with Crippen LogP contribution in [0.15, 0.2) is 67.0 Å². The van der Waals surface area contributed by atoms with E-state index in [0.29, 0.717) is 11.4 Å². The number of hydrogen-bond acceptors (Lipinski definition) is 5. The zero-order chi connectivity index (χ0) is 18.6. The number of rotatable bonds is 5. The normalized spacial score (nSPS) is 13.0. The van der Waals surface area contributed by atoms with Crippen molar-refractivity contribution in [3.63, 3.8) is 0 Å². The maximum Gasteiger partial charge on any atom is 0.326 e. The van der Waals surface area contributed by atoms with Crippen LogP contribution in [0.25, 0.3) is 5.69 Å². The summed E-state index contributed by atoms with van der Waals surface area (Å²) in [6.45, 7) is -0.0951. The van der Waals surface area contributed by atoms with E-state index in [2.05, 4.69) is 5.10 Å². The standard InChI is InChI=1S/C20H17N3O4/c24-19-14-26-18-5-2-1-4-17(18)22(19)12-20(25)27-13-15-6-8-16(9-7-15)23-11-3-10-21-23/h1-11H,12-14H2. The number of anilines is 1. The smallest absolute Gasteiger partial charge is 0.326 e. The van der Waals surface area contributed by atoms with Gasteiger partial charge in [-0.3, -0.25) is 14.5 Å². The fraction of sp³-hybridized carbons (Fsp3) is 0.150. The number of para-hydroxylation sites is 2. The predicted molar refractivity (Wildman–Crippen MR) is 97.7 cm³/mol. The molecule has 0 bridgehead atoms. The third kappa shape index (κ3) is 3.67. The molecule has 0 fully saturated rings. The van der Waals surface area contributed by atoms with E-state index in [0.717, 1.165) is 11.3 Å². The summed E-state index contributed by atoms with van der Waals surface area (Å²) in [5, 5.41) is 4.16. The van der Waals surface area contributed by atoms with Crippen LogP contribution < -0.4 is 9.64 Å². The zero-order valence-corrected chi connectivity index (χ0v) is 14.4. The first-order valence-corrected chi connectivity index (χ1v) is 8.47. The van der Waals surface area contributed by atoms with Gasteiger partial charge >= 0.3 is 5.97 Å². The summed E-state index contributed by atoms with van der Waals surface area (Å²) in [5.74, 6) is -0.162. The SMILES string of the molecule is O=C(CN1C(=O)COc2ccccc21)OCc1ccc(-n2cccn2)cc1. The lowest BCUT2D eigenvalue weighted by Crippen LogP contribution is -2.42. The fourth-order valence-corrected chi connectivity index (χ4v) is 2.83. The first kappa shape index (κ1) is 16.8. The van der Waals surface area contributed by atoms with Crippen molar-refractivity contribution in [1.29, 1.82) is 0 Å². The van der Waals surface area contributed by atoms with E-state index in [4.69, 9.17) is 9.47 Å². The zero-order valence-electron chi connectivity index (χ0n) is 14.4. The Balaban J connectivity index is 1.37. The third-order valence-electron chi connectivity index (χ3n) is 4.20. The van der Waals surface area contributed by atoms with Crippen molar-refractivity contribution >= 4 is 17.6 Å². The Labute approximate surface area is 155 Å². The van der Waals surface area contributed by atoms with E-state index in [1.807, 2.05) is 42.6 Å². The van der Waals surface area contributed by atoms with Crippen LogP contribution in [-0.4, -0.2) is 34.8 Å². The summed E-state index contributed by atoms with van der Waals surface area (Å²) < 4.78 is 12.4. The number of carbonyl (C=O) groups is 2. The van der Waals surface area contributed by atoms with Gasteiger partial charge in [0.05, 0.1) is 11.4 Å². The molecule has 4 rings (SSSR count). The first-order chi connectivity index (χ1) is 13.2. The van der Waals surface area contributed by atoms with Crippen molar-refractivity contribution in [2.45, 2.75) is 6.61 Å². The topological polar surface area (TPSA) is 73.7 Å². The molecule has 2 heterocycles. The minimum Gasteiger partial charge on any atom is -0.482 e. The van der Waals surface area contributed by atoms with Gasteiger partial charge in [0.15, 0.2) is 6.61 Å². The summed E-state index contributed by atoms with van der Waals surface area (Å²) in [4.78, 5) is 25.7. The van der Waals surface area contributed by atoms with Gasteiger partial charge in [-0.1, -0.05) is 24.3 Å². The van der Waals surface area contributed by atoms with Gasteiger partial charge in [-0.2, -0.15) is 5.10 Å². The first-order valence-electron chi connectivity index (χ1n) is 8.47. The highest BCUT2D eigenvalue weighted by molar-refractivity contribution is 6.01. The van der Waals surface area contributed by atoms with Crippen LogP contribution in [0, 0.1) is 0 Å². The lowest BCUT2D eigenvalue weighted by molar-refractivity contribution is -0.144. The highest BCUT2D eigenvalue weighted by Gasteiger charge is 2.27. The number of hydrogen-bond donors (Lipinski definition) is 0. The van der Waals surface area contributed by atoms with Gasteiger partial charge in [0.2, 0.25) is 0 Å². The quantitative estimate of drug-likeness (QED) is 0.651. The molecule has 1 amide bonds. The molecule has 0 unspecified atom stereocenters. The average Bonchev–Trinajstić information content (AvgIpc) is 3.24. The van der Waals surface area contributed by atoms with E-state index in [-0.39, 0.29) is 25.7 Å². The van der Waals surface area contributed by atoms with Crippen molar-refractivity contribution in [2.75, 3.05) is 18.1 Å². The van der Waals surface area contributed by atoms with Gasteiger partial charge in [0, 0.05) is 12.4 Å². The molecule has 0 spiro atoms. The Bertz CT molecular complexity index is 952. The lowest BCUT2D eigenvalue weighted by atomic mass is 10.2. The Morgan fingerprint density at radius 1 is 1.11 bits per heavy atom. The Hall–Kier alpha value is -3.61. The van der Waals surface area contributed by atoms with E-state index in [1.54, 1.807) is 29.1 Å². The number of aromatic nitrogens is 2. The summed E-state index contributed by atoms with van der Waals surface area (Å²) >= 11 is 0. The molecule has 2 aromatic carbocycles. The van der Waals surface area contributed by atoms with Crippen LogP contribution in [0.2, 0.25) is 0 Å². The van der Waals surface area contributed by atoms with Gasteiger partial charge in [0.25, 0.3) is 5.91 Å². The van der Waals surface area contributed by atoms with E-state index in [1.165, 1.54) is 4.90 Å². The maximum atomic E-state index is 12.2. The van der Waals surface area contributed by atoms with Crippen LogP contribution in [0.5, 0.6) is 5.75 Å². The molecular weight excluding hydrogens is 346 g/mol. The molecule has 3 aromatic rings. The second-order valence-electron chi connectivity index (χ2n) is 6.01. The predicted octanol–water partition coefficient (Wildman–Crippen LogP) is 2.34. The van der Waals surface area contributed by atoms with Crippen molar-refractivity contribution in [3.8, 4) is 11.4 Å². The van der Waals surface area contributed by atoms with Crippen LogP contribution in [0.4, 0.5) is 5.69 Å². The summed E-state index contributed by atoms with van der Waals surface area (Å²) in [7, 11) is 0. The van der Waals surface area contributed by atoms with Crippen molar-refractivity contribution in [1.82, 2.24) is 9.78 Å². The van der Waals surface area contributed by atoms with Crippen LogP contribution >= 0.6 is 0 Å². The van der Waals surface area contributed by atoms with Gasteiger partial charge < -0.3 is 9.47 Å². The van der Waals surface area contributed by atoms with E-state index >= 15 is 0 Å². The number of carbonyl (C=O) groups excluding carboxylic acids is 2. The largest absolute Gasteiger partial charge is 0.482 e. The highest BCUT2D eigenvalue weighted by Crippen LogP contribution is 2.31. The van der Waals surface area contributed by atoms with Crippen LogP contribution in [0.1, 0.15) is 5.56 Å². The number of ether oxygens (including phenoxy) is 2. The average molecular weight is 363 g/mol. The van der Waals surface area contributed by atoms with E-state index in [9.17, 15) is 9.59 Å². The minimum atomic E-state index is -0.476. The Morgan fingerprint density at radius 3 is 2.70 bits per heavy atom. The highest BCUT2D eigenvalue weighted by atomic mass is 16.5.